The minimum atomic E-state index is -3.47. The molecule has 1 aliphatic rings. The Morgan fingerprint density at radius 1 is 1.36 bits per heavy atom. The van der Waals surface area contributed by atoms with E-state index in [0.717, 1.165) is 0 Å². The largest absolute Gasteiger partial charge is 0.229 e. The summed E-state index contributed by atoms with van der Waals surface area (Å²) in [6, 6.07) is 0. The van der Waals surface area contributed by atoms with Crippen molar-refractivity contribution in [2.45, 2.75) is 12.8 Å². The van der Waals surface area contributed by atoms with E-state index in [2.05, 4.69) is 0 Å². The van der Waals surface area contributed by atoms with Gasteiger partial charge in [0.25, 0.3) is 0 Å². The van der Waals surface area contributed by atoms with Gasteiger partial charge in [-0.3, -0.25) is 0 Å². The maximum absolute atomic E-state index is 11.3. The van der Waals surface area contributed by atoms with E-state index in [0.29, 0.717) is 13.0 Å². The molecular weight excluding hydrogens is 228 g/mol. The molecule has 1 heterocycles. The topological polar surface area (TPSA) is 97.5 Å². The van der Waals surface area contributed by atoms with Crippen molar-refractivity contribution >= 4 is 20.0 Å². The number of sulfonamides is 2. The second-order valence-electron chi connectivity index (χ2n) is 3.29. The molecule has 1 saturated heterocycles. The van der Waals surface area contributed by atoms with Gasteiger partial charge in [-0.25, -0.2) is 26.3 Å². The van der Waals surface area contributed by atoms with Gasteiger partial charge in [0.05, 0.1) is 11.5 Å². The van der Waals surface area contributed by atoms with Crippen LogP contribution in [-0.2, 0) is 20.0 Å². The minimum Gasteiger partial charge on any atom is -0.229 e. The maximum Gasteiger partial charge on any atom is 0.214 e. The molecule has 84 valence electrons. The van der Waals surface area contributed by atoms with Crippen LogP contribution < -0.4 is 5.14 Å². The van der Waals surface area contributed by atoms with Crippen LogP contribution in [0.1, 0.15) is 12.8 Å². The lowest BCUT2D eigenvalue weighted by molar-refractivity contribution is 0.442. The summed E-state index contributed by atoms with van der Waals surface area (Å²) in [5.41, 5.74) is 0. The van der Waals surface area contributed by atoms with Crippen molar-refractivity contribution in [2.75, 3.05) is 24.6 Å². The Kier molecular flexibility index (Phi) is 3.51. The standard InChI is InChI=1S/C6H14N2O4S2/c7-13(9,10)5-1-3-8-4-2-6-14(8,11)12/h1-6H2,(H2,7,9,10). The summed E-state index contributed by atoms with van der Waals surface area (Å²) in [5.74, 6) is 0.00138. The predicted molar refractivity (Wildman–Crippen MR) is 52.6 cm³/mol. The highest BCUT2D eigenvalue weighted by Gasteiger charge is 2.27. The number of hydrogen-bond acceptors (Lipinski definition) is 4. The first kappa shape index (κ1) is 11.9. The average molecular weight is 242 g/mol. The molecule has 1 fully saturated rings. The van der Waals surface area contributed by atoms with Crippen LogP contribution in [-0.4, -0.2) is 45.7 Å². The molecule has 0 atom stereocenters. The van der Waals surface area contributed by atoms with Gasteiger partial charge in [0, 0.05) is 13.1 Å². The zero-order chi connectivity index (χ0) is 10.8. The summed E-state index contributed by atoms with van der Waals surface area (Å²) in [7, 11) is -6.58. The van der Waals surface area contributed by atoms with Gasteiger partial charge in [0.2, 0.25) is 20.0 Å². The molecule has 2 N–H and O–H groups in total. The molecule has 0 saturated carbocycles. The molecule has 0 aliphatic carbocycles. The normalized spacial score (nSPS) is 22.6. The number of nitrogens with zero attached hydrogens (tertiary/aromatic N) is 1. The first-order chi connectivity index (χ1) is 6.31. The third-order valence-electron chi connectivity index (χ3n) is 2.04. The first-order valence-electron chi connectivity index (χ1n) is 4.29. The number of rotatable bonds is 4. The second kappa shape index (κ2) is 4.13. The van der Waals surface area contributed by atoms with E-state index in [9.17, 15) is 16.8 Å². The van der Waals surface area contributed by atoms with E-state index in [1.165, 1.54) is 4.31 Å². The SMILES string of the molecule is NS(=O)(=O)CCCN1CCCS1(=O)=O. The summed E-state index contributed by atoms with van der Waals surface area (Å²) in [4.78, 5) is 0. The Morgan fingerprint density at radius 2 is 2.00 bits per heavy atom. The van der Waals surface area contributed by atoms with Crippen molar-refractivity contribution in [3.05, 3.63) is 0 Å². The van der Waals surface area contributed by atoms with Crippen molar-refractivity contribution in [1.82, 2.24) is 4.31 Å². The second-order valence-corrected chi connectivity index (χ2v) is 7.11. The summed E-state index contributed by atoms with van der Waals surface area (Å²) >= 11 is 0. The summed E-state index contributed by atoms with van der Waals surface area (Å²) < 4.78 is 45.0. The highest BCUT2D eigenvalue weighted by atomic mass is 32.2. The summed E-state index contributed by atoms with van der Waals surface area (Å²) in [6.45, 7) is 0.742. The van der Waals surface area contributed by atoms with E-state index >= 15 is 0 Å². The van der Waals surface area contributed by atoms with Gasteiger partial charge in [-0.15, -0.1) is 0 Å². The Bertz CT molecular complexity index is 386. The molecule has 0 unspecified atom stereocenters. The third-order valence-corrected chi connectivity index (χ3v) is 4.85. The van der Waals surface area contributed by atoms with Crippen LogP contribution in [0, 0.1) is 0 Å². The van der Waals surface area contributed by atoms with Gasteiger partial charge in [0.15, 0.2) is 0 Å². The fraction of sp³-hybridized carbons (Fsp3) is 1.00. The van der Waals surface area contributed by atoms with Crippen molar-refractivity contribution in [2.24, 2.45) is 5.14 Å². The van der Waals surface area contributed by atoms with Crippen LogP contribution in [0.15, 0.2) is 0 Å². The number of hydrogen-bond donors (Lipinski definition) is 1. The Labute approximate surface area is 84.2 Å². The van der Waals surface area contributed by atoms with Gasteiger partial charge in [0.1, 0.15) is 0 Å². The van der Waals surface area contributed by atoms with Crippen molar-refractivity contribution in [1.29, 1.82) is 0 Å². The lowest BCUT2D eigenvalue weighted by atomic mass is 10.4. The van der Waals surface area contributed by atoms with E-state index in [1.54, 1.807) is 0 Å². The molecule has 14 heavy (non-hydrogen) atoms. The Balaban J connectivity index is 2.40. The summed E-state index contributed by atoms with van der Waals surface area (Å²) in [6.07, 6.45) is 0.885. The molecule has 1 aliphatic heterocycles. The minimum absolute atomic E-state index is 0.168. The van der Waals surface area contributed by atoms with Crippen molar-refractivity contribution < 1.29 is 16.8 Å². The fourth-order valence-corrected chi connectivity index (χ4v) is 3.48. The molecule has 0 aromatic rings. The van der Waals surface area contributed by atoms with Crippen LogP contribution >= 0.6 is 0 Å². The smallest absolute Gasteiger partial charge is 0.214 e. The van der Waals surface area contributed by atoms with Crippen molar-refractivity contribution in [3.63, 3.8) is 0 Å². The van der Waals surface area contributed by atoms with Crippen LogP contribution in [0.3, 0.4) is 0 Å². The molecule has 0 aromatic carbocycles. The number of primary sulfonamides is 1. The molecule has 0 spiro atoms. The van der Waals surface area contributed by atoms with E-state index in [1.807, 2.05) is 0 Å². The van der Waals surface area contributed by atoms with E-state index in [-0.39, 0.29) is 24.5 Å². The first-order valence-corrected chi connectivity index (χ1v) is 7.62. The highest BCUT2D eigenvalue weighted by molar-refractivity contribution is 7.89. The summed E-state index contributed by atoms with van der Waals surface area (Å²) in [5, 5.41) is 4.79. The van der Waals surface area contributed by atoms with E-state index in [4.69, 9.17) is 5.14 Å². The average Bonchev–Trinajstić information content (AvgIpc) is 2.28. The van der Waals surface area contributed by atoms with Crippen LogP contribution in [0.2, 0.25) is 0 Å². The molecule has 6 nitrogen and oxygen atoms in total. The van der Waals surface area contributed by atoms with E-state index < -0.39 is 20.0 Å². The molecular formula is C6H14N2O4S2. The van der Waals surface area contributed by atoms with Crippen LogP contribution in [0.25, 0.3) is 0 Å². The van der Waals surface area contributed by atoms with Crippen molar-refractivity contribution in [3.8, 4) is 0 Å². The Morgan fingerprint density at radius 3 is 2.43 bits per heavy atom. The fourth-order valence-electron chi connectivity index (χ4n) is 1.38. The zero-order valence-electron chi connectivity index (χ0n) is 7.72. The van der Waals surface area contributed by atoms with Crippen LogP contribution in [0.5, 0.6) is 0 Å². The van der Waals surface area contributed by atoms with Gasteiger partial charge < -0.3 is 0 Å². The monoisotopic (exact) mass is 242 g/mol. The number of nitrogens with two attached hydrogens (primary N) is 1. The molecule has 0 amide bonds. The van der Waals surface area contributed by atoms with Crippen LogP contribution in [0.4, 0.5) is 0 Å². The lowest BCUT2D eigenvalue weighted by Crippen LogP contribution is -2.29. The third kappa shape index (κ3) is 3.52. The maximum atomic E-state index is 11.3. The predicted octanol–water partition coefficient (Wildman–Crippen LogP) is -1.30. The Hall–Kier alpha value is -0.180. The van der Waals surface area contributed by atoms with Gasteiger partial charge in [-0.05, 0) is 12.8 Å². The van der Waals surface area contributed by atoms with Gasteiger partial charge >= 0.3 is 0 Å². The molecule has 0 radical (unpaired) electrons. The quantitative estimate of drug-likeness (QED) is 0.662. The highest BCUT2D eigenvalue weighted by Crippen LogP contribution is 2.13. The van der Waals surface area contributed by atoms with Gasteiger partial charge in [-0.2, -0.15) is 0 Å². The van der Waals surface area contributed by atoms with Gasteiger partial charge in [-0.1, -0.05) is 0 Å². The molecule has 0 aromatic heterocycles. The molecule has 0 bridgehead atoms. The molecule has 8 heteroatoms. The lowest BCUT2D eigenvalue weighted by Gasteiger charge is -2.12. The molecule has 1 rings (SSSR count). The zero-order valence-corrected chi connectivity index (χ0v) is 9.35.